The van der Waals surface area contributed by atoms with Crippen molar-refractivity contribution in [3.05, 3.63) is 30.6 Å². The van der Waals surface area contributed by atoms with Crippen LogP contribution in [0, 0.1) is 0 Å². The molecule has 7 heterocycles. The Morgan fingerprint density at radius 2 is 1.51 bits per heavy atom. The number of aromatic nitrogens is 10. The molecule has 2 aliphatic rings. The first-order chi connectivity index (χ1) is 22.6. The van der Waals surface area contributed by atoms with Crippen LogP contribution in [0.15, 0.2) is 25.0 Å². The van der Waals surface area contributed by atoms with E-state index in [9.17, 15) is 30.3 Å². The van der Waals surface area contributed by atoms with E-state index in [2.05, 4.69) is 40.3 Å². The van der Waals surface area contributed by atoms with Crippen molar-refractivity contribution in [2.24, 2.45) is 0 Å². The number of nitrogens with two attached hydrogens (primary N) is 2. The van der Waals surface area contributed by atoms with Crippen molar-refractivity contribution in [1.82, 2.24) is 54.1 Å². The Morgan fingerprint density at radius 1 is 0.894 bits per heavy atom. The summed E-state index contributed by atoms with van der Waals surface area (Å²) < 4.78 is 21.4. The van der Waals surface area contributed by atoms with Crippen LogP contribution in [0.3, 0.4) is 0 Å². The number of hydrogen-bond donors (Lipinski definition) is 8. The maximum atomic E-state index is 12.0. The Hall–Kier alpha value is -5.10. The molecule has 0 unspecified atom stereocenters. The number of carbonyl (C=O) groups excluding carboxylic acids is 1. The highest BCUT2D eigenvalue weighted by Crippen LogP contribution is 2.36. The van der Waals surface area contributed by atoms with Gasteiger partial charge in [-0.25, -0.2) is 14.6 Å². The first-order valence-corrected chi connectivity index (χ1v) is 14.1. The average Bonchev–Trinajstić information content (AvgIpc) is 3.89. The molecule has 2 aliphatic heterocycles. The molecule has 0 spiro atoms. The number of amides is 1. The second-order valence-electron chi connectivity index (χ2n) is 10.8. The van der Waals surface area contributed by atoms with Crippen molar-refractivity contribution in [3.63, 3.8) is 0 Å². The molecule has 7 rings (SSSR count). The number of anilines is 2. The van der Waals surface area contributed by atoms with Gasteiger partial charge in [0.2, 0.25) is 0 Å². The molecule has 5 aromatic rings. The topological polar surface area (TPSA) is 315 Å². The molecule has 22 nitrogen and oxygen atoms in total. The lowest BCUT2D eigenvalue weighted by Gasteiger charge is -2.20. The van der Waals surface area contributed by atoms with Crippen molar-refractivity contribution in [2.45, 2.75) is 49.1 Å². The molecule has 0 radical (unpaired) electrons. The van der Waals surface area contributed by atoms with E-state index in [1.54, 1.807) is 0 Å². The molecule has 5 aromatic heterocycles. The largest absolute Gasteiger partial charge is 0.454 e. The molecule has 0 bridgehead atoms. The summed E-state index contributed by atoms with van der Waals surface area (Å²) in [6.45, 7) is -1.12. The van der Waals surface area contributed by atoms with Crippen molar-refractivity contribution < 1.29 is 44.5 Å². The fourth-order valence-electron chi connectivity index (χ4n) is 5.54. The van der Waals surface area contributed by atoms with Crippen molar-refractivity contribution in [1.29, 1.82) is 0 Å². The zero-order valence-corrected chi connectivity index (χ0v) is 24.3. The molecule has 8 atom stereocenters. The predicted molar refractivity (Wildman–Crippen MR) is 154 cm³/mol. The zero-order chi connectivity index (χ0) is 33.1. The Balaban J connectivity index is 1.19. The minimum Gasteiger partial charge on any atom is -0.454 e. The van der Waals surface area contributed by atoms with Gasteiger partial charge in [0.25, 0.3) is 11.9 Å². The zero-order valence-electron chi connectivity index (χ0n) is 24.3. The molecule has 22 heteroatoms. The first-order valence-electron chi connectivity index (χ1n) is 14.1. The lowest BCUT2D eigenvalue weighted by molar-refractivity contribution is -0.0513. The van der Waals surface area contributed by atoms with Gasteiger partial charge in [-0.15, -0.1) is 0 Å². The van der Waals surface area contributed by atoms with Gasteiger partial charge >= 0.3 is 6.01 Å². The Labute approximate surface area is 262 Å². The monoisotopic (exact) mass is 655 g/mol. The highest BCUT2D eigenvalue weighted by molar-refractivity contribution is 5.93. The maximum Gasteiger partial charge on any atom is 0.320 e. The van der Waals surface area contributed by atoms with Gasteiger partial charge in [-0.2, -0.15) is 25.0 Å². The van der Waals surface area contributed by atoms with Crippen molar-refractivity contribution >= 4 is 39.9 Å². The summed E-state index contributed by atoms with van der Waals surface area (Å²) in [4.78, 5) is 37.6. The highest BCUT2D eigenvalue weighted by Gasteiger charge is 2.48. The number of rotatable bonds is 8. The van der Waals surface area contributed by atoms with Gasteiger partial charge in [0, 0.05) is 13.2 Å². The number of fused-ring (bicyclic) bond motifs is 2. The Kier molecular flexibility index (Phi) is 7.54. The minimum atomic E-state index is -1.46. The van der Waals surface area contributed by atoms with Crippen LogP contribution in [0.5, 0.6) is 6.01 Å². The summed E-state index contributed by atoms with van der Waals surface area (Å²) in [5, 5.41) is 58.4. The van der Waals surface area contributed by atoms with Gasteiger partial charge in [-0.05, 0) is 0 Å². The van der Waals surface area contributed by atoms with Crippen molar-refractivity contribution in [3.8, 4) is 12.0 Å². The van der Waals surface area contributed by atoms with Crippen LogP contribution < -0.4 is 21.5 Å². The SMILES string of the molecule is CNC(=O)c1cnn(-c2nc(N)c3ncn([C@@H]4O[C@H](CO)[C@@H](Oc5nc(N)c6ncn([C@@H]7O[C@H](CO)[C@@H](O)[C@H]7O)c6n5)[C@H]4O)c3n2)c1. The van der Waals surface area contributed by atoms with Crippen LogP contribution in [-0.2, 0) is 9.47 Å². The standard InChI is InChI=1S/C25H29N13O9/c1-28-21(44)8-2-31-38(3-8)24-32-17(26)11-19(34-24)36(6-29-11)23-15(43)16(10(5-40)46-23)47-25-33-18(27)12-20(35-25)37(7-30-12)22-14(42)13(41)9(4-39)45-22/h2-3,6-7,9-10,13-16,22-23,39-43H,4-5H2,1H3,(H,28,44)(H2,26,32,34)(H2,27,33,35)/t9-,10-,13-,14-,15-,16-,22-,23-/m1/s1. The number of aliphatic hydroxyl groups excluding tert-OH is 5. The number of nitrogens with one attached hydrogen (secondary N) is 1. The van der Waals surface area contributed by atoms with Crippen LogP contribution in [0.2, 0.25) is 0 Å². The fraction of sp³-hybridized carbons (Fsp3) is 0.440. The van der Waals surface area contributed by atoms with Gasteiger partial charge in [0.05, 0.1) is 37.6 Å². The van der Waals surface area contributed by atoms with Crippen LogP contribution in [-0.4, -0.2) is 137 Å². The first kappa shape index (κ1) is 30.5. The summed E-state index contributed by atoms with van der Waals surface area (Å²) in [7, 11) is 1.48. The average molecular weight is 656 g/mol. The highest BCUT2D eigenvalue weighted by atomic mass is 16.6. The number of nitrogen functional groups attached to an aromatic ring is 2. The number of aliphatic hydroxyl groups is 5. The molecular formula is C25H29N13O9. The molecule has 0 aromatic carbocycles. The summed E-state index contributed by atoms with van der Waals surface area (Å²) in [5.41, 5.74) is 13.1. The number of nitrogens with zero attached hydrogens (tertiary/aromatic N) is 10. The van der Waals surface area contributed by atoms with E-state index in [1.165, 1.54) is 45.9 Å². The molecule has 0 saturated carbocycles. The lowest BCUT2D eigenvalue weighted by Crippen LogP contribution is -2.39. The molecular weight excluding hydrogens is 626 g/mol. The van der Waals surface area contributed by atoms with Crippen LogP contribution >= 0.6 is 0 Å². The third-order valence-corrected chi connectivity index (χ3v) is 7.94. The maximum absolute atomic E-state index is 12.0. The fourth-order valence-corrected chi connectivity index (χ4v) is 5.54. The summed E-state index contributed by atoms with van der Waals surface area (Å²) >= 11 is 0. The Bertz CT molecular complexity index is 1960. The number of carbonyl (C=O) groups is 1. The van der Waals surface area contributed by atoms with Crippen LogP contribution in [0.1, 0.15) is 22.8 Å². The number of imidazole rings is 2. The lowest BCUT2D eigenvalue weighted by atomic mass is 10.1. The van der Waals surface area contributed by atoms with E-state index in [0.717, 1.165) is 0 Å². The van der Waals surface area contributed by atoms with Gasteiger partial charge in [-0.3, -0.25) is 13.9 Å². The van der Waals surface area contributed by atoms with Gasteiger partial charge < -0.3 is 56.5 Å². The smallest absolute Gasteiger partial charge is 0.320 e. The molecule has 10 N–H and O–H groups in total. The van der Waals surface area contributed by atoms with E-state index in [1.807, 2.05) is 0 Å². The quantitative estimate of drug-likeness (QED) is 0.0789. The summed E-state index contributed by atoms with van der Waals surface area (Å²) in [6, 6.07) is -0.329. The normalized spacial score (nSPS) is 27.6. The molecule has 47 heavy (non-hydrogen) atoms. The van der Waals surface area contributed by atoms with E-state index in [4.69, 9.17) is 25.7 Å². The summed E-state index contributed by atoms with van der Waals surface area (Å²) in [5.74, 6) is -0.483. The molecule has 2 saturated heterocycles. The number of hydrogen-bond acceptors (Lipinski definition) is 18. The van der Waals surface area contributed by atoms with E-state index in [-0.39, 0.29) is 57.4 Å². The second kappa shape index (κ2) is 11.6. The molecule has 1 amide bonds. The molecule has 2 fully saturated rings. The van der Waals surface area contributed by atoms with Gasteiger partial charge in [-0.1, -0.05) is 0 Å². The van der Waals surface area contributed by atoms with E-state index < -0.39 is 62.3 Å². The van der Waals surface area contributed by atoms with Gasteiger partial charge in [0.1, 0.15) is 36.0 Å². The second-order valence-corrected chi connectivity index (χ2v) is 10.8. The van der Waals surface area contributed by atoms with E-state index in [0.29, 0.717) is 0 Å². The van der Waals surface area contributed by atoms with Crippen LogP contribution in [0.4, 0.5) is 11.6 Å². The summed E-state index contributed by atoms with van der Waals surface area (Å²) in [6.07, 6.45) is -4.69. The third-order valence-electron chi connectivity index (χ3n) is 7.94. The van der Waals surface area contributed by atoms with Crippen LogP contribution in [0.25, 0.3) is 28.3 Å². The minimum absolute atomic E-state index is 0.00822. The predicted octanol–water partition coefficient (Wildman–Crippen LogP) is -4.01. The third kappa shape index (κ3) is 4.94. The molecule has 0 aliphatic carbocycles. The van der Waals surface area contributed by atoms with Gasteiger partial charge in [0.15, 0.2) is 47.0 Å². The van der Waals surface area contributed by atoms with E-state index >= 15 is 0 Å². The number of ether oxygens (including phenoxy) is 3. The molecule has 248 valence electrons. The van der Waals surface area contributed by atoms with Crippen molar-refractivity contribution in [2.75, 3.05) is 31.7 Å². The Morgan fingerprint density at radius 3 is 2.15 bits per heavy atom.